The smallest absolute Gasteiger partial charge is 0.236 e. The van der Waals surface area contributed by atoms with Crippen LogP contribution >= 0.6 is 34.4 Å². The van der Waals surface area contributed by atoms with Gasteiger partial charge in [0.15, 0.2) is 9.47 Å². The highest BCUT2D eigenvalue weighted by Crippen LogP contribution is 2.29. The Morgan fingerprint density at radius 2 is 1.89 bits per heavy atom. The van der Waals surface area contributed by atoms with Crippen molar-refractivity contribution in [3.63, 3.8) is 0 Å². The molecule has 0 saturated carbocycles. The molecule has 0 saturated heterocycles. The molecule has 0 bridgehead atoms. The number of carbonyl (C=O) groups is 1. The summed E-state index contributed by atoms with van der Waals surface area (Å²) < 4.78 is 0.758. The molecule has 1 aromatic carbocycles. The van der Waals surface area contributed by atoms with Crippen molar-refractivity contribution in [3.8, 4) is 11.3 Å². The van der Waals surface area contributed by atoms with E-state index in [-0.39, 0.29) is 17.1 Å². The first kappa shape index (κ1) is 19.8. The van der Waals surface area contributed by atoms with E-state index in [0.29, 0.717) is 5.13 Å². The number of thioether (sulfide) groups is 1. The van der Waals surface area contributed by atoms with Crippen molar-refractivity contribution in [1.29, 1.82) is 0 Å². The molecular weight excluding hydrogens is 398 g/mol. The molecule has 3 aromatic rings. The zero-order chi connectivity index (χ0) is 19.4. The Morgan fingerprint density at radius 1 is 1.15 bits per heavy atom. The number of amides is 1. The normalized spacial score (nSPS) is 11.4. The van der Waals surface area contributed by atoms with Crippen LogP contribution in [0.25, 0.3) is 11.3 Å². The lowest BCUT2D eigenvalue weighted by Crippen LogP contribution is -2.13. The Kier molecular flexibility index (Phi) is 6.13. The average molecular weight is 420 g/mol. The summed E-state index contributed by atoms with van der Waals surface area (Å²) in [6.45, 7) is 6.58. The third-order valence-corrected chi connectivity index (χ3v) is 6.58. The number of aromatic nitrogens is 3. The van der Waals surface area contributed by atoms with E-state index in [4.69, 9.17) is 0 Å². The molecule has 0 spiro atoms. The summed E-state index contributed by atoms with van der Waals surface area (Å²) in [7, 11) is 1.79. The van der Waals surface area contributed by atoms with Crippen molar-refractivity contribution < 1.29 is 4.79 Å². The minimum absolute atomic E-state index is 0.106. The highest BCUT2D eigenvalue weighted by Gasteiger charge is 2.14. The third-order valence-electron chi connectivity index (χ3n) is 3.74. The van der Waals surface area contributed by atoms with E-state index < -0.39 is 0 Å². The van der Waals surface area contributed by atoms with Gasteiger partial charge in [0, 0.05) is 18.0 Å². The lowest BCUT2D eigenvalue weighted by atomic mass is 9.86. The molecule has 142 valence electrons. The summed E-state index contributed by atoms with van der Waals surface area (Å²) in [5, 5.41) is 17.0. The highest BCUT2D eigenvalue weighted by molar-refractivity contribution is 8.01. The minimum atomic E-state index is -0.106. The van der Waals surface area contributed by atoms with Crippen molar-refractivity contribution in [2.45, 2.75) is 30.5 Å². The van der Waals surface area contributed by atoms with Crippen LogP contribution in [0.4, 0.5) is 10.3 Å². The number of hydrogen-bond acceptors (Lipinski definition) is 8. The van der Waals surface area contributed by atoms with E-state index in [2.05, 4.69) is 70.9 Å². The van der Waals surface area contributed by atoms with Crippen LogP contribution in [-0.2, 0) is 10.2 Å². The highest BCUT2D eigenvalue weighted by atomic mass is 32.2. The van der Waals surface area contributed by atoms with Crippen molar-refractivity contribution in [3.05, 3.63) is 35.2 Å². The third kappa shape index (κ3) is 5.27. The van der Waals surface area contributed by atoms with Gasteiger partial charge in [0.25, 0.3) is 0 Å². The first-order chi connectivity index (χ1) is 12.8. The van der Waals surface area contributed by atoms with Gasteiger partial charge in [-0.1, -0.05) is 68.1 Å². The summed E-state index contributed by atoms with van der Waals surface area (Å²) in [4.78, 5) is 16.7. The van der Waals surface area contributed by atoms with E-state index in [9.17, 15) is 4.79 Å². The van der Waals surface area contributed by atoms with Crippen molar-refractivity contribution in [1.82, 2.24) is 15.2 Å². The number of hydrogen-bond donors (Lipinski definition) is 2. The van der Waals surface area contributed by atoms with Crippen LogP contribution in [0, 0.1) is 0 Å². The van der Waals surface area contributed by atoms with E-state index >= 15 is 0 Å². The molecule has 0 radical (unpaired) electrons. The van der Waals surface area contributed by atoms with Gasteiger partial charge in [-0.15, -0.1) is 21.5 Å². The van der Waals surface area contributed by atoms with E-state index in [1.54, 1.807) is 7.05 Å². The number of anilines is 2. The fourth-order valence-electron chi connectivity index (χ4n) is 2.26. The Labute approximate surface area is 170 Å². The number of benzene rings is 1. The predicted molar refractivity (Wildman–Crippen MR) is 115 cm³/mol. The van der Waals surface area contributed by atoms with Crippen LogP contribution in [0.3, 0.4) is 0 Å². The second-order valence-corrected chi connectivity index (χ2v) is 9.88. The minimum Gasteiger partial charge on any atom is -0.363 e. The maximum Gasteiger partial charge on any atom is 0.236 e. The zero-order valence-electron chi connectivity index (χ0n) is 15.6. The molecule has 2 aromatic heterocycles. The molecule has 0 fully saturated rings. The summed E-state index contributed by atoms with van der Waals surface area (Å²) in [5.41, 5.74) is 3.32. The monoisotopic (exact) mass is 419 g/mol. The molecule has 0 aliphatic carbocycles. The average Bonchev–Trinajstić information content (AvgIpc) is 3.28. The first-order valence-corrected chi connectivity index (χ1v) is 11.0. The standard InChI is InChI=1S/C18H21N5OS3/c1-18(2,3)12-7-5-11(6-8-12)13-9-25-16(20-13)21-14(24)10-26-17-23-22-15(19-4)27-17/h5-9H,10H2,1-4H3,(H,19,22)(H,20,21,24). The molecule has 0 unspecified atom stereocenters. The van der Waals surface area contributed by atoms with Crippen molar-refractivity contribution in [2.24, 2.45) is 0 Å². The second-order valence-electron chi connectivity index (χ2n) is 6.83. The summed E-state index contributed by atoms with van der Waals surface area (Å²) in [5.74, 6) is 0.165. The van der Waals surface area contributed by atoms with Gasteiger partial charge in [-0.25, -0.2) is 4.98 Å². The Bertz CT molecular complexity index is 912. The number of thiazole rings is 1. The molecule has 2 N–H and O–H groups in total. The number of nitrogens with zero attached hydrogens (tertiary/aromatic N) is 3. The molecular formula is C18H21N5OS3. The molecule has 2 heterocycles. The molecule has 0 aliphatic rings. The topological polar surface area (TPSA) is 79.8 Å². The van der Waals surface area contributed by atoms with Crippen LogP contribution in [-0.4, -0.2) is 33.9 Å². The number of nitrogens with one attached hydrogen (secondary N) is 2. The fraction of sp³-hybridized carbons (Fsp3) is 0.333. The van der Waals surface area contributed by atoms with E-state index in [1.165, 1.54) is 40.0 Å². The predicted octanol–water partition coefficient (Wildman–Crippen LogP) is 4.73. The molecule has 0 atom stereocenters. The van der Waals surface area contributed by atoms with Gasteiger partial charge in [-0.05, 0) is 11.0 Å². The SMILES string of the molecule is CNc1nnc(SCC(=O)Nc2nc(-c3ccc(C(C)(C)C)cc3)cs2)s1. The number of carbonyl (C=O) groups excluding carboxylic acids is 1. The van der Waals surface area contributed by atoms with Gasteiger partial charge < -0.3 is 10.6 Å². The van der Waals surface area contributed by atoms with Crippen LogP contribution in [0.15, 0.2) is 34.0 Å². The van der Waals surface area contributed by atoms with Gasteiger partial charge in [-0.3, -0.25) is 4.79 Å². The Morgan fingerprint density at radius 3 is 2.52 bits per heavy atom. The van der Waals surface area contributed by atoms with Crippen molar-refractivity contribution in [2.75, 3.05) is 23.4 Å². The lowest BCUT2D eigenvalue weighted by molar-refractivity contribution is -0.113. The zero-order valence-corrected chi connectivity index (χ0v) is 18.0. The van der Waals surface area contributed by atoms with Gasteiger partial charge >= 0.3 is 0 Å². The summed E-state index contributed by atoms with van der Waals surface area (Å²) >= 11 is 4.21. The quantitative estimate of drug-likeness (QED) is 0.562. The van der Waals surface area contributed by atoms with Crippen LogP contribution < -0.4 is 10.6 Å². The van der Waals surface area contributed by atoms with Gasteiger partial charge in [0.05, 0.1) is 11.4 Å². The Hall–Kier alpha value is -1.97. The van der Waals surface area contributed by atoms with Crippen LogP contribution in [0.1, 0.15) is 26.3 Å². The van der Waals surface area contributed by atoms with Gasteiger partial charge in [0.1, 0.15) is 0 Å². The molecule has 27 heavy (non-hydrogen) atoms. The molecule has 1 amide bonds. The maximum absolute atomic E-state index is 12.1. The van der Waals surface area contributed by atoms with E-state index in [0.717, 1.165) is 20.7 Å². The number of rotatable bonds is 6. The molecule has 3 rings (SSSR count). The second kappa shape index (κ2) is 8.37. The van der Waals surface area contributed by atoms with Crippen molar-refractivity contribution >= 4 is 50.6 Å². The largest absolute Gasteiger partial charge is 0.363 e. The van der Waals surface area contributed by atoms with Crippen LogP contribution in [0.5, 0.6) is 0 Å². The molecule has 9 heteroatoms. The van der Waals surface area contributed by atoms with Gasteiger partial charge in [-0.2, -0.15) is 0 Å². The lowest BCUT2D eigenvalue weighted by Gasteiger charge is -2.18. The Balaban J connectivity index is 1.57. The van der Waals surface area contributed by atoms with E-state index in [1.807, 2.05) is 5.38 Å². The van der Waals surface area contributed by atoms with Crippen LogP contribution in [0.2, 0.25) is 0 Å². The molecule has 6 nitrogen and oxygen atoms in total. The summed E-state index contributed by atoms with van der Waals surface area (Å²) in [6.07, 6.45) is 0. The maximum atomic E-state index is 12.1. The first-order valence-electron chi connectivity index (χ1n) is 8.35. The summed E-state index contributed by atoms with van der Waals surface area (Å²) in [6, 6.07) is 8.41. The van der Waals surface area contributed by atoms with Gasteiger partial charge in [0.2, 0.25) is 11.0 Å². The fourth-order valence-corrected chi connectivity index (χ4v) is 4.50. The molecule has 0 aliphatic heterocycles.